The van der Waals surface area contributed by atoms with Crippen LogP contribution in [0.25, 0.3) is 10.9 Å². The summed E-state index contributed by atoms with van der Waals surface area (Å²) in [6.45, 7) is 0. The Kier molecular flexibility index (Phi) is 5.22. The summed E-state index contributed by atoms with van der Waals surface area (Å²) >= 11 is 5.74. The van der Waals surface area contributed by atoms with E-state index < -0.39 is 17.8 Å². The van der Waals surface area contributed by atoms with E-state index in [1.165, 1.54) is 12.1 Å². The van der Waals surface area contributed by atoms with E-state index in [4.69, 9.17) is 11.6 Å². The molecule has 1 atom stereocenters. The Bertz CT molecular complexity index is 1200. The third-order valence-corrected chi connectivity index (χ3v) is 5.04. The molecule has 0 amide bonds. The summed E-state index contributed by atoms with van der Waals surface area (Å²) in [7, 11) is 0. The zero-order chi connectivity index (χ0) is 21.3. The van der Waals surface area contributed by atoms with Crippen molar-refractivity contribution in [2.24, 2.45) is 0 Å². The zero-order valence-corrected chi connectivity index (χ0v) is 16.1. The van der Waals surface area contributed by atoms with Gasteiger partial charge in [-0.05, 0) is 42.0 Å². The van der Waals surface area contributed by atoms with Crippen molar-refractivity contribution < 1.29 is 18.3 Å². The topological polar surface area (TPSA) is 58.0 Å². The maximum atomic E-state index is 13.3. The minimum absolute atomic E-state index is 0.0487. The number of halogens is 4. The maximum absolute atomic E-state index is 13.3. The predicted octanol–water partition coefficient (Wildman–Crippen LogP) is 6.21. The van der Waals surface area contributed by atoms with E-state index in [-0.39, 0.29) is 16.5 Å². The number of alkyl halides is 3. The van der Waals surface area contributed by atoms with E-state index >= 15 is 0 Å². The highest BCUT2D eigenvalue weighted by atomic mass is 35.5. The fourth-order valence-corrected chi connectivity index (χ4v) is 3.50. The average molecular weight is 430 g/mol. The molecule has 4 rings (SSSR count). The van der Waals surface area contributed by atoms with Crippen LogP contribution in [0.5, 0.6) is 5.75 Å². The molecule has 0 saturated heterocycles. The van der Waals surface area contributed by atoms with Crippen molar-refractivity contribution in [2.75, 3.05) is 5.32 Å². The maximum Gasteiger partial charge on any atom is 0.417 e. The van der Waals surface area contributed by atoms with Crippen LogP contribution in [0.1, 0.15) is 22.7 Å². The van der Waals surface area contributed by atoms with Gasteiger partial charge >= 0.3 is 6.18 Å². The smallest absolute Gasteiger partial charge is 0.417 e. The first-order valence-electron chi connectivity index (χ1n) is 8.94. The van der Waals surface area contributed by atoms with E-state index in [1.54, 1.807) is 48.9 Å². The Balaban J connectivity index is 1.83. The standard InChI is InChI=1S/C22H15ClF3N3O/c23-18-6-4-15(12-17(18)22(24,25)26)29-19(14-7-10-27-11-8-14)16-5-3-13-2-1-9-28-20(13)21(16)30/h1-12,19,29-30H. The molecule has 0 spiro atoms. The molecule has 30 heavy (non-hydrogen) atoms. The molecule has 2 aromatic carbocycles. The van der Waals surface area contributed by atoms with Crippen LogP contribution in [0.2, 0.25) is 5.02 Å². The van der Waals surface area contributed by atoms with Gasteiger partial charge in [-0.2, -0.15) is 13.2 Å². The molecule has 0 bridgehead atoms. The van der Waals surface area contributed by atoms with Crippen LogP contribution in [0.4, 0.5) is 18.9 Å². The van der Waals surface area contributed by atoms with Crippen LogP contribution in [-0.4, -0.2) is 15.1 Å². The van der Waals surface area contributed by atoms with Crippen molar-refractivity contribution >= 4 is 28.2 Å². The second-order valence-corrected chi connectivity index (χ2v) is 7.04. The fraction of sp³-hybridized carbons (Fsp3) is 0.0909. The number of anilines is 1. The number of nitrogens with one attached hydrogen (secondary N) is 1. The van der Waals surface area contributed by atoms with Gasteiger partial charge in [0.15, 0.2) is 0 Å². The van der Waals surface area contributed by atoms with E-state index in [9.17, 15) is 18.3 Å². The van der Waals surface area contributed by atoms with E-state index in [2.05, 4.69) is 15.3 Å². The van der Waals surface area contributed by atoms with Crippen molar-refractivity contribution in [3.63, 3.8) is 0 Å². The summed E-state index contributed by atoms with van der Waals surface area (Å²) in [4.78, 5) is 8.22. The lowest BCUT2D eigenvalue weighted by molar-refractivity contribution is -0.137. The van der Waals surface area contributed by atoms with Gasteiger partial charge in [0, 0.05) is 35.2 Å². The lowest BCUT2D eigenvalue weighted by Crippen LogP contribution is -2.14. The van der Waals surface area contributed by atoms with Crippen LogP contribution in [0.3, 0.4) is 0 Å². The quantitative estimate of drug-likeness (QED) is 0.405. The molecule has 8 heteroatoms. The Morgan fingerprint density at radius 3 is 2.47 bits per heavy atom. The third-order valence-electron chi connectivity index (χ3n) is 4.71. The molecular weight excluding hydrogens is 415 g/mol. The number of benzene rings is 2. The van der Waals surface area contributed by atoms with Gasteiger partial charge in [0.1, 0.15) is 11.3 Å². The third kappa shape index (κ3) is 3.89. The second kappa shape index (κ2) is 7.84. The number of pyridine rings is 2. The van der Waals surface area contributed by atoms with Crippen molar-refractivity contribution in [3.05, 3.63) is 94.9 Å². The number of phenols is 1. The van der Waals surface area contributed by atoms with Gasteiger partial charge in [0.05, 0.1) is 16.6 Å². The molecule has 2 aromatic heterocycles. The first-order chi connectivity index (χ1) is 14.3. The normalized spacial score (nSPS) is 12.7. The van der Waals surface area contributed by atoms with Crippen LogP contribution >= 0.6 is 11.6 Å². The first kappa shape index (κ1) is 20.0. The van der Waals surface area contributed by atoms with Crippen molar-refractivity contribution in [1.82, 2.24) is 9.97 Å². The van der Waals surface area contributed by atoms with Gasteiger partial charge in [-0.3, -0.25) is 9.97 Å². The summed E-state index contributed by atoms with van der Waals surface area (Å²) in [5, 5.41) is 14.3. The molecule has 2 N–H and O–H groups in total. The van der Waals surface area contributed by atoms with Gasteiger partial charge in [-0.25, -0.2) is 0 Å². The van der Waals surface area contributed by atoms with Crippen molar-refractivity contribution in [2.45, 2.75) is 12.2 Å². The van der Waals surface area contributed by atoms with Gasteiger partial charge < -0.3 is 10.4 Å². The summed E-state index contributed by atoms with van der Waals surface area (Å²) in [5.74, 6) is -0.0487. The van der Waals surface area contributed by atoms with Crippen LogP contribution in [0, 0.1) is 0 Å². The predicted molar refractivity (Wildman–Crippen MR) is 110 cm³/mol. The molecule has 0 aliphatic rings. The average Bonchev–Trinajstić information content (AvgIpc) is 2.74. The Morgan fingerprint density at radius 1 is 0.967 bits per heavy atom. The molecule has 0 radical (unpaired) electrons. The number of phenolic OH excluding ortho intramolecular Hbond substituents is 1. The number of rotatable bonds is 4. The number of aromatic nitrogens is 2. The molecule has 2 heterocycles. The summed E-state index contributed by atoms with van der Waals surface area (Å²) in [5.41, 5.74) is 0.846. The number of nitrogens with zero attached hydrogens (tertiary/aromatic N) is 2. The highest BCUT2D eigenvalue weighted by molar-refractivity contribution is 6.31. The van der Waals surface area contributed by atoms with E-state index in [0.717, 1.165) is 11.5 Å². The number of hydrogen-bond donors (Lipinski definition) is 2. The SMILES string of the molecule is Oc1c(C(Nc2ccc(Cl)c(C(F)(F)F)c2)c2ccncc2)ccc2cccnc12. The molecule has 1 unspecified atom stereocenters. The molecule has 0 aliphatic carbocycles. The van der Waals surface area contributed by atoms with E-state index in [0.29, 0.717) is 16.6 Å². The van der Waals surface area contributed by atoms with Gasteiger partial charge in [-0.15, -0.1) is 0 Å². The number of hydrogen-bond acceptors (Lipinski definition) is 4. The minimum atomic E-state index is -4.59. The van der Waals surface area contributed by atoms with E-state index in [1.807, 2.05) is 6.07 Å². The Morgan fingerprint density at radius 2 is 1.73 bits per heavy atom. The van der Waals surface area contributed by atoms with Crippen LogP contribution in [0.15, 0.2) is 73.2 Å². The summed E-state index contributed by atoms with van der Waals surface area (Å²) in [6, 6.07) is 13.5. The van der Waals surface area contributed by atoms with Crippen molar-refractivity contribution in [3.8, 4) is 5.75 Å². The fourth-order valence-electron chi connectivity index (χ4n) is 3.27. The number of fused-ring (bicyclic) bond motifs is 1. The van der Waals surface area contributed by atoms with Crippen LogP contribution in [-0.2, 0) is 6.18 Å². The molecular formula is C22H15ClF3N3O. The molecule has 4 nitrogen and oxygen atoms in total. The largest absolute Gasteiger partial charge is 0.505 e. The minimum Gasteiger partial charge on any atom is -0.505 e. The monoisotopic (exact) mass is 429 g/mol. The molecule has 152 valence electrons. The molecule has 0 fully saturated rings. The van der Waals surface area contributed by atoms with Gasteiger partial charge in [0.25, 0.3) is 0 Å². The number of aromatic hydroxyl groups is 1. The zero-order valence-electron chi connectivity index (χ0n) is 15.4. The molecule has 0 aliphatic heterocycles. The summed E-state index contributed by atoms with van der Waals surface area (Å²) in [6.07, 6.45) is 0.123. The Labute approximate surface area is 175 Å². The summed E-state index contributed by atoms with van der Waals surface area (Å²) < 4.78 is 39.8. The highest BCUT2D eigenvalue weighted by Crippen LogP contribution is 2.39. The second-order valence-electron chi connectivity index (χ2n) is 6.63. The Hall–Kier alpha value is -3.32. The van der Waals surface area contributed by atoms with Gasteiger partial charge in [-0.1, -0.05) is 29.8 Å². The molecule has 4 aromatic rings. The van der Waals surface area contributed by atoms with Gasteiger partial charge in [0.2, 0.25) is 0 Å². The lowest BCUT2D eigenvalue weighted by Gasteiger charge is -2.23. The first-order valence-corrected chi connectivity index (χ1v) is 9.32. The lowest BCUT2D eigenvalue weighted by atomic mass is 9.96. The molecule has 0 saturated carbocycles. The highest BCUT2D eigenvalue weighted by Gasteiger charge is 2.33. The van der Waals surface area contributed by atoms with Crippen molar-refractivity contribution in [1.29, 1.82) is 0 Å². The van der Waals surface area contributed by atoms with Crippen LogP contribution < -0.4 is 5.32 Å².